The van der Waals surface area contributed by atoms with Gasteiger partial charge in [-0.25, -0.2) is 18.7 Å². The fourth-order valence-electron chi connectivity index (χ4n) is 3.50. The summed E-state index contributed by atoms with van der Waals surface area (Å²) in [7, 11) is 0. The van der Waals surface area contributed by atoms with E-state index in [1.54, 1.807) is 6.20 Å². The summed E-state index contributed by atoms with van der Waals surface area (Å²) in [5, 5.41) is 2.90. The Morgan fingerprint density at radius 3 is 2.69 bits per heavy atom. The molecule has 1 aromatic carbocycles. The maximum Gasteiger partial charge on any atom is 0.249 e. The molecule has 1 atom stereocenters. The molecule has 1 aromatic heterocycles. The Bertz CT molecular complexity index is 791. The first-order valence-electron chi connectivity index (χ1n) is 8.82. The smallest absolute Gasteiger partial charge is 0.249 e. The van der Waals surface area contributed by atoms with E-state index in [-0.39, 0.29) is 24.8 Å². The summed E-state index contributed by atoms with van der Waals surface area (Å²) < 4.78 is 25.8. The third-order valence-corrected chi connectivity index (χ3v) is 4.99. The Labute approximate surface area is 150 Å². The fourth-order valence-corrected chi connectivity index (χ4v) is 3.50. The molecule has 2 aliphatic rings. The van der Waals surface area contributed by atoms with Crippen LogP contribution in [-0.4, -0.2) is 40.9 Å². The zero-order valence-corrected chi connectivity index (χ0v) is 14.2. The van der Waals surface area contributed by atoms with Gasteiger partial charge in [0.05, 0.1) is 5.69 Å². The van der Waals surface area contributed by atoms with E-state index < -0.39 is 11.8 Å². The molecule has 2 heterocycles. The van der Waals surface area contributed by atoms with Crippen molar-refractivity contribution in [3.05, 3.63) is 42.6 Å². The quantitative estimate of drug-likeness (QED) is 0.913. The molecular formula is C19H20F2N4O. The average molecular weight is 358 g/mol. The fraction of sp³-hybridized carbons (Fsp3) is 0.421. The number of halogens is 2. The Balaban J connectivity index is 1.38. The number of rotatable bonds is 4. The molecule has 0 spiro atoms. The Morgan fingerprint density at radius 1 is 1.19 bits per heavy atom. The third kappa shape index (κ3) is 3.52. The Hall–Kier alpha value is -2.57. The maximum atomic E-state index is 12.9. The number of aromatic nitrogens is 2. The topological polar surface area (TPSA) is 58.1 Å². The van der Waals surface area contributed by atoms with E-state index in [9.17, 15) is 13.6 Å². The number of alkyl halides is 2. The molecule has 1 aliphatic carbocycles. The minimum Gasteiger partial charge on any atom is -0.351 e. The number of nitrogens with zero attached hydrogens (tertiary/aromatic N) is 3. The van der Waals surface area contributed by atoms with Crippen molar-refractivity contribution in [1.82, 2.24) is 15.3 Å². The van der Waals surface area contributed by atoms with Crippen LogP contribution in [0.3, 0.4) is 0 Å². The van der Waals surface area contributed by atoms with Gasteiger partial charge in [0.2, 0.25) is 17.8 Å². The molecule has 0 bridgehead atoms. The molecule has 7 heteroatoms. The Morgan fingerprint density at radius 2 is 1.96 bits per heavy atom. The predicted molar refractivity (Wildman–Crippen MR) is 93.9 cm³/mol. The van der Waals surface area contributed by atoms with Gasteiger partial charge in [0.1, 0.15) is 0 Å². The molecule has 136 valence electrons. The first kappa shape index (κ1) is 16.9. The lowest BCUT2D eigenvalue weighted by Crippen LogP contribution is -2.48. The van der Waals surface area contributed by atoms with Gasteiger partial charge in [-0.3, -0.25) is 4.79 Å². The Kier molecular flexibility index (Phi) is 4.30. The van der Waals surface area contributed by atoms with Crippen molar-refractivity contribution in [2.45, 2.75) is 31.2 Å². The lowest BCUT2D eigenvalue weighted by atomic mass is 9.80. The highest BCUT2D eigenvalue weighted by molar-refractivity contribution is 5.80. The van der Waals surface area contributed by atoms with Crippen LogP contribution in [0.1, 0.15) is 19.3 Å². The second-order valence-electron chi connectivity index (χ2n) is 7.01. The molecule has 4 rings (SSSR count). The first-order valence-corrected chi connectivity index (χ1v) is 8.82. The van der Waals surface area contributed by atoms with Crippen LogP contribution in [-0.2, 0) is 4.79 Å². The second kappa shape index (κ2) is 6.63. The number of nitrogens with one attached hydrogen (secondary N) is 1. The lowest BCUT2D eigenvalue weighted by molar-refractivity contribution is -0.150. The standard InChI is InChI=1S/C19H20F2N4O/c20-19(21)10-14(11-19)17(26)23-15-7-9-25(12-15)18-22-8-6-16(24-18)13-4-2-1-3-5-13/h1-6,8,14-15H,7,9-12H2,(H,23,26). The molecule has 0 radical (unpaired) electrons. The van der Waals surface area contributed by atoms with Crippen LogP contribution in [0, 0.1) is 5.92 Å². The molecule has 1 aliphatic heterocycles. The van der Waals surface area contributed by atoms with E-state index >= 15 is 0 Å². The molecule has 1 unspecified atom stereocenters. The van der Waals surface area contributed by atoms with Gasteiger partial charge in [0, 0.05) is 49.7 Å². The van der Waals surface area contributed by atoms with Crippen molar-refractivity contribution in [1.29, 1.82) is 0 Å². The number of carbonyl (C=O) groups is 1. The summed E-state index contributed by atoms with van der Waals surface area (Å²) in [5.74, 6) is -2.87. The minimum atomic E-state index is -2.67. The summed E-state index contributed by atoms with van der Waals surface area (Å²) in [6, 6.07) is 11.7. The monoisotopic (exact) mass is 358 g/mol. The maximum absolute atomic E-state index is 12.9. The number of hydrogen-bond donors (Lipinski definition) is 1. The van der Waals surface area contributed by atoms with Crippen molar-refractivity contribution in [3.8, 4) is 11.3 Å². The zero-order chi connectivity index (χ0) is 18.1. The van der Waals surface area contributed by atoms with Crippen LogP contribution in [0.2, 0.25) is 0 Å². The summed E-state index contributed by atoms with van der Waals surface area (Å²) in [5.41, 5.74) is 1.87. The van der Waals surface area contributed by atoms with E-state index in [1.807, 2.05) is 41.3 Å². The summed E-state index contributed by atoms with van der Waals surface area (Å²) in [4.78, 5) is 23.0. The van der Waals surface area contributed by atoms with Crippen LogP contribution in [0.5, 0.6) is 0 Å². The molecule has 26 heavy (non-hydrogen) atoms. The zero-order valence-electron chi connectivity index (χ0n) is 14.2. The molecule has 1 saturated carbocycles. The van der Waals surface area contributed by atoms with E-state index in [0.29, 0.717) is 12.5 Å². The number of hydrogen-bond acceptors (Lipinski definition) is 4. The van der Waals surface area contributed by atoms with Crippen molar-refractivity contribution in [2.75, 3.05) is 18.0 Å². The number of amides is 1. The SMILES string of the molecule is O=C(NC1CCN(c2nccc(-c3ccccc3)n2)C1)C1CC(F)(F)C1. The molecule has 2 aromatic rings. The van der Waals surface area contributed by atoms with Gasteiger partial charge in [-0.15, -0.1) is 0 Å². The minimum absolute atomic E-state index is 0.0549. The van der Waals surface area contributed by atoms with Crippen molar-refractivity contribution < 1.29 is 13.6 Å². The van der Waals surface area contributed by atoms with Gasteiger partial charge < -0.3 is 10.2 Å². The number of benzene rings is 1. The summed E-state index contributed by atoms with van der Waals surface area (Å²) in [6.45, 7) is 1.32. The highest BCUT2D eigenvalue weighted by Gasteiger charge is 2.49. The number of carbonyl (C=O) groups excluding carboxylic acids is 1. The van der Waals surface area contributed by atoms with Gasteiger partial charge in [-0.1, -0.05) is 30.3 Å². The van der Waals surface area contributed by atoms with Gasteiger partial charge in [0.25, 0.3) is 0 Å². The van der Waals surface area contributed by atoms with Crippen LogP contribution in [0.25, 0.3) is 11.3 Å². The molecular weight excluding hydrogens is 338 g/mol. The average Bonchev–Trinajstić information content (AvgIpc) is 3.09. The van der Waals surface area contributed by atoms with Gasteiger partial charge in [0.15, 0.2) is 0 Å². The molecule has 1 N–H and O–H groups in total. The highest BCUT2D eigenvalue weighted by Crippen LogP contribution is 2.42. The first-order chi connectivity index (χ1) is 12.5. The van der Waals surface area contributed by atoms with E-state index in [4.69, 9.17) is 0 Å². The summed E-state index contributed by atoms with van der Waals surface area (Å²) in [6.07, 6.45) is 1.82. The third-order valence-electron chi connectivity index (χ3n) is 4.99. The van der Waals surface area contributed by atoms with Gasteiger partial charge >= 0.3 is 0 Å². The van der Waals surface area contributed by atoms with Crippen molar-refractivity contribution >= 4 is 11.9 Å². The van der Waals surface area contributed by atoms with Gasteiger partial charge in [-0.05, 0) is 12.5 Å². The lowest BCUT2D eigenvalue weighted by Gasteiger charge is -2.34. The van der Waals surface area contributed by atoms with Crippen molar-refractivity contribution in [2.24, 2.45) is 5.92 Å². The predicted octanol–water partition coefficient (Wildman–Crippen LogP) is 2.88. The van der Waals surface area contributed by atoms with Crippen LogP contribution >= 0.6 is 0 Å². The molecule has 1 amide bonds. The summed E-state index contributed by atoms with van der Waals surface area (Å²) >= 11 is 0. The molecule has 1 saturated heterocycles. The van der Waals surface area contributed by atoms with E-state index in [0.717, 1.165) is 24.2 Å². The second-order valence-corrected chi connectivity index (χ2v) is 7.01. The number of anilines is 1. The van der Waals surface area contributed by atoms with Crippen LogP contribution in [0.4, 0.5) is 14.7 Å². The highest BCUT2D eigenvalue weighted by atomic mass is 19.3. The van der Waals surface area contributed by atoms with Crippen molar-refractivity contribution in [3.63, 3.8) is 0 Å². The van der Waals surface area contributed by atoms with Gasteiger partial charge in [-0.2, -0.15) is 0 Å². The van der Waals surface area contributed by atoms with Crippen LogP contribution < -0.4 is 10.2 Å². The van der Waals surface area contributed by atoms with Crippen LogP contribution in [0.15, 0.2) is 42.6 Å². The molecule has 2 fully saturated rings. The van der Waals surface area contributed by atoms with E-state index in [2.05, 4.69) is 15.3 Å². The normalized spacial score (nSPS) is 22.1. The largest absolute Gasteiger partial charge is 0.351 e. The molecule has 5 nitrogen and oxygen atoms in total. The van der Waals surface area contributed by atoms with E-state index in [1.165, 1.54) is 0 Å².